The molecule has 6 nitrogen and oxygen atoms in total. The van der Waals surface area contributed by atoms with Crippen molar-refractivity contribution in [3.63, 3.8) is 0 Å². The largest absolute Gasteiger partial charge is 0.497 e. The minimum atomic E-state index is -0.207. The summed E-state index contributed by atoms with van der Waals surface area (Å²) in [4.78, 5) is 19.8. The van der Waals surface area contributed by atoms with Crippen LogP contribution >= 0.6 is 0 Å². The number of benzene rings is 2. The lowest BCUT2D eigenvalue weighted by Crippen LogP contribution is -2.13. The molecule has 1 aliphatic heterocycles. The van der Waals surface area contributed by atoms with Crippen molar-refractivity contribution in [2.45, 2.75) is 6.42 Å². The minimum Gasteiger partial charge on any atom is -0.497 e. The van der Waals surface area contributed by atoms with Gasteiger partial charge in [-0.15, -0.1) is 0 Å². The molecule has 3 aromatic rings. The van der Waals surface area contributed by atoms with E-state index in [1.165, 1.54) is 0 Å². The van der Waals surface area contributed by atoms with Crippen LogP contribution in [0.1, 0.15) is 15.9 Å². The molecular formula is C19H17N3O3. The van der Waals surface area contributed by atoms with Crippen LogP contribution in [-0.4, -0.2) is 29.6 Å². The number of anilines is 1. The van der Waals surface area contributed by atoms with Crippen molar-refractivity contribution in [2.24, 2.45) is 0 Å². The molecule has 0 bridgehead atoms. The Labute approximate surface area is 144 Å². The predicted octanol–water partition coefficient (Wildman–Crippen LogP) is 3.27. The van der Waals surface area contributed by atoms with Gasteiger partial charge in [0.15, 0.2) is 0 Å². The number of rotatable bonds is 4. The van der Waals surface area contributed by atoms with Crippen molar-refractivity contribution in [1.82, 2.24) is 9.97 Å². The summed E-state index contributed by atoms with van der Waals surface area (Å²) in [6.07, 6.45) is 2.51. The SMILES string of the molecule is COc1cccc(-c2cnc(NC(=O)c3ccc4c(c3)CCO4)[nH]2)c1. The molecule has 4 rings (SSSR count). The van der Waals surface area contributed by atoms with Gasteiger partial charge in [0.25, 0.3) is 5.91 Å². The van der Waals surface area contributed by atoms with Crippen LogP contribution in [-0.2, 0) is 6.42 Å². The highest BCUT2D eigenvalue weighted by atomic mass is 16.5. The van der Waals surface area contributed by atoms with E-state index in [1.807, 2.05) is 36.4 Å². The van der Waals surface area contributed by atoms with Gasteiger partial charge in [0, 0.05) is 17.5 Å². The molecule has 0 aliphatic carbocycles. The summed E-state index contributed by atoms with van der Waals surface area (Å²) in [5.41, 5.74) is 3.38. The smallest absolute Gasteiger partial charge is 0.257 e. The maximum Gasteiger partial charge on any atom is 0.257 e. The lowest BCUT2D eigenvalue weighted by Gasteiger charge is -2.05. The van der Waals surface area contributed by atoms with Crippen molar-refractivity contribution >= 4 is 11.9 Å². The van der Waals surface area contributed by atoms with E-state index >= 15 is 0 Å². The van der Waals surface area contributed by atoms with Gasteiger partial charge in [-0.25, -0.2) is 4.98 Å². The van der Waals surface area contributed by atoms with Gasteiger partial charge in [0.2, 0.25) is 5.95 Å². The molecule has 2 N–H and O–H groups in total. The molecular weight excluding hydrogens is 318 g/mol. The van der Waals surface area contributed by atoms with Gasteiger partial charge < -0.3 is 14.5 Å². The number of nitrogens with one attached hydrogen (secondary N) is 2. The van der Waals surface area contributed by atoms with E-state index in [0.717, 1.165) is 34.7 Å². The van der Waals surface area contributed by atoms with Gasteiger partial charge in [-0.05, 0) is 35.9 Å². The Morgan fingerprint density at radius 3 is 3.08 bits per heavy atom. The normalized spacial score (nSPS) is 12.4. The number of imidazole rings is 1. The van der Waals surface area contributed by atoms with Crippen LogP contribution in [0.2, 0.25) is 0 Å². The number of carbonyl (C=O) groups excluding carboxylic acids is 1. The number of aromatic amines is 1. The summed E-state index contributed by atoms with van der Waals surface area (Å²) in [5, 5.41) is 2.79. The molecule has 0 saturated carbocycles. The van der Waals surface area contributed by atoms with Crippen molar-refractivity contribution in [2.75, 3.05) is 19.0 Å². The van der Waals surface area contributed by atoms with Crippen LogP contribution in [0.25, 0.3) is 11.3 Å². The van der Waals surface area contributed by atoms with E-state index in [9.17, 15) is 4.79 Å². The molecule has 0 saturated heterocycles. The summed E-state index contributed by atoms with van der Waals surface area (Å²) in [6, 6.07) is 13.1. The maximum atomic E-state index is 12.4. The lowest BCUT2D eigenvalue weighted by molar-refractivity contribution is 0.102. The molecule has 0 unspecified atom stereocenters. The third kappa shape index (κ3) is 3.06. The van der Waals surface area contributed by atoms with Gasteiger partial charge >= 0.3 is 0 Å². The zero-order valence-corrected chi connectivity index (χ0v) is 13.7. The predicted molar refractivity (Wildman–Crippen MR) is 94.2 cm³/mol. The number of carbonyl (C=O) groups is 1. The summed E-state index contributed by atoms with van der Waals surface area (Å²) in [6.45, 7) is 0.669. The highest BCUT2D eigenvalue weighted by Gasteiger charge is 2.16. The lowest BCUT2D eigenvalue weighted by atomic mass is 10.1. The third-order valence-electron chi connectivity index (χ3n) is 4.14. The minimum absolute atomic E-state index is 0.207. The second-order valence-electron chi connectivity index (χ2n) is 5.75. The van der Waals surface area contributed by atoms with E-state index in [1.54, 1.807) is 19.4 Å². The molecule has 2 heterocycles. The molecule has 0 atom stereocenters. The first-order valence-electron chi connectivity index (χ1n) is 7.99. The Kier molecular flexibility index (Phi) is 3.85. The molecule has 2 aromatic carbocycles. The summed E-state index contributed by atoms with van der Waals surface area (Å²) in [5.74, 6) is 1.81. The first-order valence-corrected chi connectivity index (χ1v) is 7.99. The van der Waals surface area contributed by atoms with Crippen LogP contribution in [0.4, 0.5) is 5.95 Å². The fraction of sp³-hybridized carbons (Fsp3) is 0.158. The first-order chi connectivity index (χ1) is 12.2. The summed E-state index contributed by atoms with van der Waals surface area (Å²) in [7, 11) is 1.62. The van der Waals surface area contributed by atoms with Crippen LogP contribution in [0.5, 0.6) is 11.5 Å². The Bertz CT molecular complexity index is 933. The number of aromatic nitrogens is 2. The van der Waals surface area contributed by atoms with Crippen molar-refractivity contribution in [3.05, 3.63) is 59.8 Å². The Hall–Kier alpha value is -3.28. The molecule has 6 heteroatoms. The maximum absolute atomic E-state index is 12.4. The van der Waals surface area contributed by atoms with E-state index in [0.29, 0.717) is 18.1 Å². The molecule has 0 fully saturated rings. The van der Waals surface area contributed by atoms with Crippen molar-refractivity contribution < 1.29 is 14.3 Å². The van der Waals surface area contributed by atoms with E-state index < -0.39 is 0 Å². The number of methoxy groups -OCH3 is 1. The number of fused-ring (bicyclic) bond motifs is 1. The van der Waals surface area contributed by atoms with Gasteiger partial charge in [0.05, 0.1) is 25.6 Å². The monoisotopic (exact) mass is 335 g/mol. The van der Waals surface area contributed by atoms with Crippen LogP contribution in [0, 0.1) is 0 Å². The van der Waals surface area contributed by atoms with Gasteiger partial charge in [-0.1, -0.05) is 12.1 Å². The number of hydrogen-bond donors (Lipinski definition) is 2. The highest BCUT2D eigenvalue weighted by molar-refractivity contribution is 6.03. The van der Waals surface area contributed by atoms with Crippen LogP contribution in [0.3, 0.4) is 0 Å². The van der Waals surface area contributed by atoms with Gasteiger partial charge in [0.1, 0.15) is 11.5 Å². The zero-order valence-electron chi connectivity index (χ0n) is 13.7. The average Bonchev–Trinajstić information content (AvgIpc) is 3.30. The first kappa shape index (κ1) is 15.3. The molecule has 25 heavy (non-hydrogen) atoms. The summed E-state index contributed by atoms with van der Waals surface area (Å²) >= 11 is 0. The fourth-order valence-electron chi connectivity index (χ4n) is 2.83. The molecule has 1 aromatic heterocycles. The Balaban J connectivity index is 1.51. The second kappa shape index (κ2) is 6.32. The number of hydrogen-bond acceptors (Lipinski definition) is 4. The topological polar surface area (TPSA) is 76.2 Å². The van der Waals surface area contributed by atoms with Crippen molar-refractivity contribution in [1.29, 1.82) is 0 Å². The molecule has 0 radical (unpaired) electrons. The molecule has 0 spiro atoms. The van der Waals surface area contributed by atoms with Crippen LogP contribution in [0.15, 0.2) is 48.7 Å². The second-order valence-corrected chi connectivity index (χ2v) is 5.75. The average molecular weight is 335 g/mol. The van der Waals surface area contributed by atoms with E-state index in [2.05, 4.69) is 15.3 Å². The van der Waals surface area contributed by atoms with Gasteiger partial charge in [-0.2, -0.15) is 0 Å². The van der Waals surface area contributed by atoms with Gasteiger partial charge in [-0.3, -0.25) is 10.1 Å². The molecule has 1 amide bonds. The van der Waals surface area contributed by atoms with E-state index in [4.69, 9.17) is 9.47 Å². The Morgan fingerprint density at radius 2 is 2.20 bits per heavy atom. The Morgan fingerprint density at radius 1 is 1.28 bits per heavy atom. The third-order valence-corrected chi connectivity index (χ3v) is 4.14. The zero-order chi connectivity index (χ0) is 17.2. The number of ether oxygens (including phenoxy) is 2. The molecule has 1 aliphatic rings. The quantitative estimate of drug-likeness (QED) is 0.767. The molecule has 126 valence electrons. The number of nitrogens with zero attached hydrogens (tertiary/aromatic N) is 1. The fourth-order valence-corrected chi connectivity index (χ4v) is 2.83. The summed E-state index contributed by atoms with van der Waals surface area (Å²) < 4.78 is 10.7. The van der Waals surface area contributed by atoms with E-state index in [-0.39, 0.29) is 5.91 Å². The standard InChI is InChI=1S/C19H17N3O3/c1-24-15-4-2-3-12(10-15)16-11-20-19(21-16)22-18(23)14-5-6-17-13(9-14)7-8-25-17/h2-6,9-11H,7-8H2,1H3,(H2,20,21,22,23). The number of amides is 1. The van der Waals surface area contributed by atoms with Crippen LogP contribution < -0.4 is 14.8 Å². The van der Waals surface area contributed by atoms with Crippen molar-refractivity contribution in [3.8, 4) is 22.8 Å². The number of H-pyrrole nitrogens is 1. The highest BCUT2D eigenvalue weighted by Crippen LogP contribution is 2.26.